The van der Waals surface area contributed by atoms with Crippen molar-refractivity contribution < 1.29 is 0 Å². The van der Waals surface area contributed by atoms with Crippen LogP contribution in [-0.2, 0) is 0 Å². The maximum Gasteiger partial charge on any atom is 0.161 e. The van der Waals surface area contributed by atoms with Crippen LogP contribution in [0.5, 0.6) is 0 Å². The molecule has 0 radical (unpaired) electrons. The van der Waals surface area contributed by atoms with Crippen LogP contribution in [0.3, 0.4) is 0 Å². The van der Waals surface area contributed by atoms with Crippen LogP contribution in [0.25, 0.3) is 233 Å². The second-order valence-electron chi connectivity index (χ2n) is 29.1. The van der Waals surface area contributed by atoms with E-state index >= 15 is 0 Å². The van der Waals surface area contributed by atoms with Crippen molar-refractivity contribution in [3.63, 3.8) is 0 Å². The van der Waals surface area contributed by atoms with Gasteiger partial charge < -0.3 is 0 Å². The number of hydrogen-bond donors (Lipinski definition) is 0. The molecule has 0 amide bonds. The Balaban J connectivity index is 0.651. The Morgan fingerprint density at radius 3 is 0.830 bits per heavy atom. The van der Waals surface area contributed by atoms with Crippen LogP contribution >= 0.6 is 0 Å². The summed E-state index contributed by atoms with van der Waals surface area (Å²) in [5.41, 5.74) is 34.7. The molecule has 0 saturated heterocycles. The van der Waals surface area contributed by atoms with Gasteiger partial charge in [-0.2, -0.15) is 0 Å². The van der Waals surface area contributed by atoms with E-state index in [9.17, 15) is 0 Å². The number of aromatic nitrogens is 6. The Morgan fingerprint density at radius 2 is 0.438 bits per heavy atom. The quantitative estimate of drug-likeness (QED) is 0.114. The second kappa shape index (κ2) is 26.5. The average molecular weight is 1420 g/mol. The Kier molecular flexibility index (Phi) is 15.2. The van der Waals surface area contributed by atoms with Gasteiger partial charge in [-0.05, 0) is 203 Å². The predicted molar refractivity (Wildman–Crippen MR) is 463 cm³/mol. The zero-order valence-corrected chi connectivity index (χ0v) is 60.6. The van der Waals surface area contributed by atoms with Gasteiger partial charge in [0.25, 0.3) is 0 Å². The number of hydrogen-bond acceptors (Lipinski definition) is 6. The van der Waals surface area contributed by atoms with Gasteiger partial charge in [-0.1, -0.05) is 315 Å². The summed E-state index contributed by atoms with van der Waals surface area (Å²) in [5, 5.41) is 9.49. The van der Waals surface area contributed by atoms with E-state index in [1.165, 1.54) is 121 Å². The predicted octanol–water partition coefficient (Wildman–Crippen LogP) is 27.6. The van der Waals surface area contributed by atoms with Crippen LogP contribution in [0.1, 0.15) is 0 Å². The highest BCUT2D eigenvalue weighted by Gasteiger charge is 2.34. The number of fused-ring (bicyclic) bond motifs is 8. The first-order valence-corrected chi connectivity index (χ1v) is 38.1. The van der Waals surface area contributed by atoms with Crippen molar-refractivity contribution in [2.45, 2.75) is 0 Å². The average Bonchev–Trinajstić information content (AvgIpc) is 1.55. The summed E-state index contributed by atoms with van der Waals surface area (Å²) in [6, 6.07) is 131. The third-order valence-corrected chi connectivity index (χ3v) is 22.7. The fourth-order valence-electron chi connectivity index (χ4n) is 17.8. The molecule has 0 saturated carbocycles. The lowest BCUT2D eigenvalue weighted by molar-refractivity contribution is 1.19. The lowest BCUT2D eigenvalue weighted by Gasteiger charge is -2.20. The van der Waals surface area contributed by atoms with Gasteiger partial charge in [-0.25, -0.2) is 19.9 Å². The van der Waals surface area contributed by atoms with Crippen molar-refractivity contribution in [2.75, 3.05) is 0 Å². The lowest BCUT2D eigenvalue weighted by Crippen LogP contribution is -1.97. The fourth-order valence-corrected chi connectivity index (χ4v) is 17.8. The summed E-state index contributed by atoms with van der Waals surface area (Å²) in [6.45, 7) is 0. The van der Waals surface area contributed by atoms with Crippen LogP contribution in [-0.4, -0.2) is 29.9 Å². The first-order chi connectivity index (χ1) is 55.6. The molecule has 0 fully saturated rings. The molecule has 22 rings (SSSR count). The van der Waals surface area contributed by atoms with E-state index in [-0.39, 0.29) is 0 Å². The van der Waals surface area contributed by atoms with Crippen molar-refractivity contribution >= 4 is 43.1 Å². The fraction of sp³-hybridized carbons (Fsp3) is 0. The molecule has 0 unspecified atom stereocenters. The highest BCUT2D eigenvalue weighted by molar-refractivity contribution is 6.30. The van der Waals surface area contributed by atoms with Crippen LogP contribution in [0.15, 0.2) is 389 Å². The number of rotatable bonds is 13. The molecule has 0 aliphatic heterocycles. The van der Waals surface area contributed by atoms with Gasteiger partial charge in [-0.15, -0.1) is 0 Å². The van der Waals surface area contributed by atoms with Crippen LogP contribution in [0.2, 0.25) is 0 Å². The summed E-state index contributed by atoms with van der Waals surface area (Å²) in [7, 11) is 0. The summed E-state index contributed by atoms with van der Waals surface area (Å²) < 4.78 is 0. The highest BCUT2D eigenvalue weighted by Crippen LogP contribution is 2.61. The van der Waals surface area contributed by atoms with Crippen molar-refractivity contribution in [3.8, 4) is 190 Å². The molecule has 4 heterocycles. The molecule has 2 aliphatic rings. The van der Waals surface area contributed by atoms with E-state index in [1.54, 1.807) is 0 Å². The monoisotopic (exact) mass is 1420 g/mol. The molecule has 16 aromatic carbocycles. The molecule has 2 aliphatic carbocycles. The van der Waals surface area contributed by atoms with E-state index in [0.29, 0.717) is 11.6 Å². The molecule has 518 valence electrons. The first-order valence-electron chi connectivity index (χ1n) is 38.1. The zero-order chi connectivity index (χ0) is 73.7. The molecule has 0 bridgehead atoms. The van der Waals surface area contributed by atoms with Gasteiger partial charge in [0, 0.05) is 69.3 Å². The van der Waals surface area contributed by atoms with Gasteiger partial charge in [0.15, 0.2) is 11.6 Å². The third-order valence-electron chi connectivity index (χ3n) is 22.7. The Hall–Kier alpha value is -15.0. The van der Waals surface area contributed by atoms with Gasteiger partial charge in [0.1, 0.15) is 0 Å². The van der Waals surface area contributed by atoms with E-state index in [0.717, 1.165) is 100 Å². The lowest BCUT2D eigenvalue weighted by atomic mass is 9.82. The minimum atomic E-state index is 0.640. The van der Waals surface area contributed by atoms with Crippen molar-refractivity contribution in [1.82, 2.24) is 29.9 Å². The maximum absolute atomic E-state index is 5.63. The first kappa shape index (κ1) is 64.2. The molecule has 6 heteroatoms. The molecular formula is C106H64N6. The standard InChI is InChI=1S/C106H64N6/c1-6-25-66(26-7-1)91-60-93(111-105(109-91)85-52-54-89-99-83(85)44-22-46-87(99)101-95(68-27-8-2-9-28-68)79-40-16-18-42-81(79)97(103(89)101)70-31-12-4-13-32-70)74-37-20-35-72(57-74)77-59-78(64-108-63-77)73-36-21-38-75(58-73)94-61-92(67-50-48-65(49-51-67)76-39-24-56-107-62-76)110-106(112-94)86-53-55-90-100-84(86)45-23-47-88(100)102-96(69-29-10-3-11-30-69)80-41-17-19-43-82(80)98(104(90)102)71-33-14-5-15-34-71/h1-64H. The van der Waals surface area contributed by atoms with E-state index < -0.39 is 0 Å². The van der Waals surface area contributed by atoms with Gasteiger partial charge >= 0.3 is 0 Å². The number of pyridine rings is 2. The minimum absolute atomic E-state index is 0.640. The number of benzene rings is 16. The molecule has 0 N–H and O–H groups in total. The molecule has 0 atom stereocenters. The zero-order valence-electron chi connectivity index (χ0n) is 60.6. The Bertz CT molecular complexity index is 7010. The molecule has 6 nitrogen and oxygen atoms in total. The Morgan fingerprint density at radius 1 is 0.152 bits per heavy atom. The number of nitrogens with zero attached hydrogens (tertiary/aromatic N) is 6. The van der Waals surface area contributed by atoms with Crippen molar-refractivity contribution in [1.29, 1.82) is 0 Å². The van der Waals surface area contributed by atoms with E-state index in [1.807, 2.05) is 30.9 Å². The van der Waals surface area contributed by atoms with E-state index in [2.05, 4.69) is 363 Å². The minimum Gasteiger partial charge on any atom is -0.264 e. The molecule has 0 spiro atoms. The maximum atomic E-state index is 5.63. The normalized spacial score (nSPS) is 11.8. The van der Waals surface area contributed by atoms with Crippen LogP contribution < -0.4 is 0 Å². The van der Waals surface area contributed by atoms with Gasteiger partial charge in [0.05, 0.1) is 22.8 Å². The third kappa shape index (κ3) is 10.6. The van der Waals surface area contributed by atoms with Gasteiger partial charge in [-0.3, -0.25) is 9.97 Å². The van der Waals surface area contributed by atoms with Crippen molar-refractivity contribution in [3.05, 3.63) is 389 Å². The Labute approximate surface area is 647 Å². The molecular weight excluding hydrogens is 1360 g/mol. The largest absolute Gasteiger partial charge is 0.264 e. The van der Waals surface area contributed by atoms with Crippen LogP contribution in [0, 0.1) is 0 Å². The summed E-state index contributed by atoms with van der Waals surface area (Å²) in [5.74, 6) is 1.30. The molecule has 20 aromatic rings. The summed E-state index contributed by atoms with van der Waals surface area (Å²) in [6.07, 6.45) is 7.63. The smallest absolute Gasteiger partial charge is 0.161 e. The molecule has 4 aromatic heterocycles. The summed E-state index contributed by atoms with van der Waals surface area (Å²) >= 11 is 0. The van der Waals surface area contributed by atoms with Crippen molar-refractivity contribution in [2.24, 2.45) is 0 Å². The summed E-state index contributed by atoms with van der Waals surface area (Å²) in [4.78, 5) is 31.7. The molecule has 112 heavy (non-hydrogen) atoms. The van der Waals surface area contributed by atoms with Gasteiger partial charge in [0.2, 0.25) is 0 Å². The van der Waals surface area contributed by atoms with Crippen LogP contribution in [0.4, 0.5) is 0 Å². The second-order valence-corrected chi connectivity index (χ2v) is 29.1. The van der Waals surface area contributed by atoms with E-state index in [4.69, 9.17) is 24.9 Å². The highest BCUT2D eigenvalue weighted by atomic mass is 14.9. The SMILES string of the molecule is c1ccc(-c2cc(-c3cccc(-c4cncc(-c5cccc(-c6cc(-c7ccc(-c8cccnc8)cc7)nc(-c7ccc8c9c(cccc79)-c7c-8c(-c8ccccc8)c8ccccc8c7-c7ccccc7)n6)c5)c4)c3)nc(-c3ccc4c5c(cccc35)-c3c-4c(-c4ccccc4)c4ccccc4c3-c3ccccc3)n2)cc1. The topological polar surface area (TPSA) is 77.3 Å².